The zero-order valence-corrected chi connectivity index (χ0v) is 20.4. The fraction of sp³-hybridized carbons (Fsp3) is 0.440. The van der Waals surface area contributed by atoms with Crippen molar-refractivity contribution in [1.82, 2.24) is 10.2 Å². The maximum absolute atomic E-state index is 13.6. The van der Waals surface area contributed by atoms with Crippen LogP contribution < -0.4 is 5.32 Å². The summed E-state index contributed by atoms with van der Waals surface area (Å²) in [5, 5.41) is 3.15. The van der Waals surface area contributed by atoms with Gasteiger partial charge in [0, 0.05) is 12.3 Å². The lowest BCUT2D eigenvalue weighted by atomic mass is 9.86. The van der Waals surface area contributed by atoms with Gasteiger partial charge >= 0.3 is 0 Å². The molecule has 1 heterocycles. The summed E-state index contributed by atoms with van der Waals surface area (Å²) in [5.74, 6) is 0.554. The van der Waals surface area contributed by atoms with E-state index in [0.29, 0.717) is 28.8 Å². The molecule has 1 aliphatic rings. The van der Waals surface area contributed by atoms with Gasteiger partial charge in [-0.25, -0.2) is 0 Å². The van der Waals surface area contributed by atoms with E-state index in [0.717, 1.165) is 5.56 Å². The number of nitrogens with zero attached hydrogens (tertiary/aromatic N) is 1. The van der Waals surface area contributed by atoms with Gasteiger partial charge in [-0.15, -0.1) is 11.8 Å². The van der Waals surface area contributed by atoms with Gasteiger partial charge in [-0.1, -0.05) is 82.6 Å². The van der Waals surface area contributed by atoms with Crippen molar-refractivity contribution in [2.45, 2.75) is 51.4 Å². The fourth-order valence-corrected chi connectivity index (χ4v) is 5.20. The Morgan fingerprint density at radius 2 is 1.77 bits per heavy atom. The molecule has 0 aromatic heterocycles. The molecule has 4 nitrogen and oxygen atoms in total. The third kappa shape index (κ3) is 5.45. The molecule has 31 heavy (non-hydrogen) atoms. The largest absolute Gasteiger partial charge is 0.354 e. The van der Waals surface area contributed by atoms with Crippen LogP contribution in [0.15, 0.2) is 48.5 Å². The molecule has 1 N–H and O–H groups in total. The molecule has 2 atom stereocenters. The molecule has 0 spiro atoms. The molecule has 2 aromatic carbocycles. The number of carbonyl (C=O) groups is 2. The van der Waals surface area contributed by atoms with Gasteiger partial charge in [0.1, 0.15) is 11.4 Å². The SMILES string of the molecule is CC(C)CNC(=O)C1CSC(c2ccc(C(C)(C)C)cc2)N1C(=O)c1ccccc1Cl. The Hall–Kier alpha value is -1.98. The third-order valence-corrected chi connectivity index (χ3v) is 7.04. The van der Waals surface area contributed by atoms with Crippen LogP contribution >= 0.6 is 23.4 Å². The second-order valence-electron chi connectivity index (χ2n) is 9.40. The number of rotatable bonds is 5. The van der Waals surface area contributed by atoms with E-state index in [1.807, 2.05) is 0 Å². The molecule has 0 saturated carbocycles. The predicted octanol–water partition coefficient (Wildman–Crippen LogP) is 5.67. The highest BCUT2D eigenvalue weighted by Gasteiger charge is 2.43. The van der Waals surface area contributed by atoms with Gasteiger partial charge in [-0.2, -0.15) is 0 Å². The van der Waals surface area contributed by atoms with Crippen molar-refractivity contribution in [1.29, 1.82) is 0 Å². The number of thioether (sulfide) groups is 1. The quantitative estimate of drug-likeness (QED) is 0.628. The van der Waals surface area contributed by atoms with Crippen LogP contribution in [0, 0.1) is 5.92 Å². The Balaban J connectivity index is 1.95. The molecule has 0 bridgehead atoms. The second-order valence-corrected chi connectivity index (χ2v) is 10.9. The minimum atomic E-state index is -0.542. The number of hydrogen-bond donors (Lipinski definition) is 1. The average Bonchev–Trinajstić information content (AvgIpc) is 3.16. The molecule has 3 rings (SSSR count). The number of hydrogen-bond acceptors (Lipinski definition) is 3. The molecular formula is C25H31ClN2O2S. The number of benzene rings is 2. The number of carbonyl (C=O) groups excluding carboxylic acids is 2. The summed E-state index contributed by atoms with van der Waals surface area (Å²) in [4.78, 5) is 28.3. The molecule has 0 aliphatic carbocycles. The molecule has 166 valence electrons. The fourth-order valence-electron chi connectivity index (χ4n) is 3.56. The average molecular weight is 459 g/mol. The summed E-state index contributed by atoms with van der Waals surface area (Å²) in [6.45, 7) is 11.2. The molecule has 2 amide bonds. The first-order valence-electron chi connectivity index (χ1n) is 10.7. The minimum Gasteiger partial charge on any atom is -0.354 e. The van der Waals surface area contributed by atoms with Gasteiger partial charge in [0.2, 0.25) is 5.91 Å². The van der Waals surface area contributed by atoms with E-state index in [1.54, 1.807) is 40.9 Å². The highest BCUT2D eigenvalue weighted by atomic mass is 35.5. The Bertz CT molecular complexity index is 937. The number of nitrogens with one attached hydrogen (secondary N) is 1. The van der Waals surface area contributed by atoms with Crippen LogP contribution in [0.2, 0.25) is 5.02 Å². The van der Waals surface area contributed by atoms with Crippen molar-refractivity contribution in [3.8, 4) is 0 Å². The standard InChI is InChI=1S/C25H31ClN2O2S/c1-16(2)14-27-22(29)21-15-31-24(17-10-12-18(13-11-17)25(3,4)5)28(21)23(30)19-8-6-7-9-20(19)26/h6-13,16,21,24H,14-15H2,1-5H3,(H,27,29). The van der Waals surface area contributed by atoms with E-state index in [2.05, 4.69) is 64.2 Å². The molecule has 2 aromatic rings. The van der Waals surface area contributed by atoms with Gasteiger partial charge in [0.25, 0.3) is 5.91 Å². The lowest BCUT2D eigenvalue weighted by molar-refractivity contribution is -0.125. The van der Waals surface area contributed by atoms with Crippen molar-refractivity contribution >= 4 is 35.2 Å². The van der Waals surface area contributed by atoms with Gasteiger partial charge in [-0.3, -0.25) is 9.59 Å². The zero-order chi connectivity index (χ0) is 22.8. The molecule has 1 fully saturated rings. The number of amides is 2. The highest BCUT2D eigenvalue weighted by molar-refractivity contribution is 7.99. The van der Waals surface area contributed by atoms with Crippen LogP contribution in [0.1, 0.15) is 61.5 Å². The topological polar surface area (TPSA) is 49.4 Å². The van der Waals surface area contributed by atoms with Crippen LogP contribution in [0.5, 0.6) is 0 Å². The first-order chi connectivity index (χ1) is 14.6. The maximum atomic E-state index is 13.6. The lowest BCUT2D eigenvalue weighted by Crippen LogP contribution is -2.48. The first-order valence-corrected chi connectivity index (χ1v) is 12.1. The molecule has 1 saturated heterocycles. The Morgan fingerprint density at radius 1 is 1.13 bits per heavy atom. The number of halogens is 1. The molecule has 0 radical (unpaired) electrons. The second kappa shape index (κ2) is 9.66. The van der Waals surface area contributed by atoms with Gasteiger partial charge in [0.05, 0.1) is 10.6 Å². The first kappa shape index (κ1) is 23.7. The summed E-state index contributed by atoms with van der Waals surface area (Å²) in [5.41, 5.74) is 2.71. The zero-order valence-electron chi connectivity index (χ0n) is 18.8. The summed E-state index contributed by atoms with van der Waals surface area (Å²) in [7, 11) is 0. The summed E-state index contributed by atoms with van der Waals surface area (Å²) >= 11 is 7.96. The highest BCUT2D eigenvalue weighted by Crippen LogP contribution is 2.43. The van der Waals surface area contributed by atoms with E-state index in [-0.39, 0.29) is 22.6 Å². The molecule has 2 unspecified atom stereocenters. The molecule has 1 aliphatic heterocycles. The minimum absolute atomic E-state index is 0.0493. The van der Waals surface area contributed by atoms with Gasteiger partial charge in [0.15, 0.2) is 0 Å². The van der Waals surface area contributed by atoms with Crippen LogP contribution in [0.4, 0.5) is 0 Å². The van der Waals surface area contributed by atoms with Crippen molar-refractivity contribution < 1.29 is 9.59 Å². The van der Waals surface area contributed by atoms with Crippen molar-refractivity contribution in [3.05, 3.63) is 70.2 Å². The van der Waals surface area contributed by atoms with E-state index >= 15 is 0 Å². The lowest BCUT2D eigenvalue weighted by Gasteiger charge is -2.30. The third-order valence-electron chi connectivity index (χ3n) is 5.39. The van der Waals surface area contributed by atoms with E-state index < -0.39 is 6.04 Å². The van der Waals surface area contributed by atoms with Crippen LogP contribution in [-0.2, 0) is 10.2 Å². The maximum Gasteiger partial charge on any atom is 0.257 e. The van der Waals surface area contributed by atoms with Crippen molar-refractivity contribution in [2.75, 3.05) is 12.3 Å². The van der Waals surface area contributed by atoms with Gasteiger partial charge < -0.3 is 10.2 Å². The van der Waals surface area contributed by atoms with E-state index in [4.69, 9.17) is 11.6 Å². The van der Waals surface area contributed by atoms with E-state index in [1.165, 1.54) is 5.56 Å². The van der Waals surface area contributed by atoms with Crippen LogP contribution in [-0.4, -0.2) is 35.1 Å². The predicted molar refractivity (Wildman–Crippen MR) is 130 cm³/mol. The van der Waals surface area contributed by atoms with E-state index in [9.17, 15) is 9.59 Å². The summed E-state index contributed by atoms with van der Waals surface area (Å²) < 4.78 is 0. The Labute approximate surface area is 194 Å². The smallest absolute Gasteiger partial charge is 0.257 e. The Kier molecular flexibility index (Phi) is 7.38. The Morgan fingerprint density at radius 3 is 2.35 bits per heavy atom. The molecule has 6 heteroatoms. The molecular weight excluding hydrogens is 428 g/mol. The summed E-state index contributed by atoms with van der Waals surface area (Å²) in [6, 6.07) is 14.8. The van der Waals surface area contributed by atoms with Gasteiger partial charge in [-0.05, 0) is 34.6 Å². The summed E-state index contributed by atoms with van der Waals surface area (Å²) in [6.07, 6.45) is 0. The van der Waals surface area contributed by atoms with Crippen LogP contribution in [0.3, 0.4) is 0 Å². The van der Waals surface area contributed by atoms with Crippen molar-refractivity contribution in [3.63, 3.8) is 0 Å². The monoisotopic (exact) mass is 458 g/mol. The van der Waals surface area contributed by atoms with Crippen LogP contribution in [0.25, 0.3) is 0 Å². The van der Waals surface area contributed by atoms with Crippen molar-refractivity contribution in [2.24, 2.45) is 5.92 Å². The normalized spacial score (nSPS) is 19.0.